The molecule has 2 aromatic carbocycles. The van der Waals surface area contributed by atoms with Crippen molar-refractivity contribution >= 4 is 29.7 Å². The highest BCUT2D eigenvalue weighted by atomic mass is 32.2. The molecule has 0 aromatic heterocycles. The maximum Gasteiger partial charge on any atom is 0.321 e. The Morgan fingerprint density at radius 2 is 1.54 bits per heavy atom. The van der Waals surface area contributed by atoms with Crippen LogP contribution in [0.25, 0.3) is 0 Å². The van der Waals surface area contributed by atoms with Gasteiger partial charge in [0.25, 0.3) is 5.91 Å². The van der Waals surface area contributed by atoms with Gasteiger partial charge in [-0.05, 0) is 19.1 Å². The van der Waals surface area contributed by atoms with Crippen LogP contribution in [0.5, 0.6) is 0 Å². The van der Waals surface area contributed by atoms with Crippen LogP contribution < -0.4 is 10.6 Å². The predicted molar refractivity (Wildman–Crippen MR) is 99.6 cm³/mol. The number of urea groups is 1. The van der Waals surface area contributed by atoms with Crippen molar-refractivity contribution in [2.75, 3.05) is 7.05 Å². The summed E-state index contributed by atoms with van der Waals surface area (Å²) in [6.45, 7) is 1.71. The summed E-state index contributed by atoms with van der Waals surface area (Å²) in [4.78, 5) is 37.2. The van der Waals surface area contributed by atoms with Gasteiger partial charge in [0.05, 0.1) is 0 Å². The van der Waals surface area contributed by atoms with Crippen LogP contribution in [0.1, 0.15) is 18.6 Å². The van der Waals surface area contributed by atoms with E-state index in [1.54, 1.807) is 37.3 Å². The Morgan fingerprint density at radius 1 is 0.962 bits per heavy atom. The number of carbonyl (C=O) groups is 3. The Bertz CT molecular complexity index is 753. The molecule has 2 atom stereocenters. The first kappa shape index (κ1) is 19.5. The number of thioether (sulfide) groups is 1. The topological polar surface area (TPSA) is 84.5 Å². The maximum absolute atomic E-state index is 12.5. The quantitative estimate of drug-likeness (QED) is 0.602. The number of esters is 1. The minimum absolute atomic E-state index is 0.485. The summed E-state index contributed by atoms with van der Waals surface area (Å²) in [6.07, 6.45) is -1.21. The van der Waals surface area contributed by atoms with E-state index >= 15 is 0 Å². The van der Waals surface area contributed by atoms with Gasteiger partial charge in [0.1, 0.15) is 5.25 Å². The molecule has 2 N–H and O–H groups in total. The number of amides is 3. The lowest BCUT2D eigenvalue weighted by molar-refractivity contribution is -0.155. The lowest BCUT2D eigenvalue weighted by Gasteiger charge is -2.19. The van der Waals surface area contributed by atoms with E-state index in [2.05, 4.69) is 10.6 Å². The third-order valence-electron chi connectivity index (χ3n) is 3.43. The third kappa shape index (κ3) is 5.63. The van der Waals surface area contributed by atoms with Crippen LogP contribution in [0.15, 0.2) is 65.6 Å². The molecule has 0 saturated carbocycles. The van der Waals surface area contributed by atoms with Crippen LogP contribution >= 0.6 is 11.8 Å². The molecule has 6 nitrogen and oxygen atoms in total. The highest BCUT2D eigenvalue weighted by Gasteiger charge is 2.28. The average molecular weight is 372 g/mol. The summed E-state index contributed by atoms with van der Waals surface area (Å²) in [7, 11) is 1.39. The van der Waals surface area contributed by atoms with Crippen molar-refractivity contribution in [2.24, 2.45) is 0 Å². The fourth-order valence-corrected chi connectivity index (χ4v) is 2.98. The second-order valence-corrected chi connectivity index (χ2v) is 6.78. The molecule has 3 amide bonds. The van der Waals surface area contributed by atoms with E-state index in [1.807, 2.05) is 30.3 Å². The Hall–Kier alpha value is -2.80. The number of ether oxygens (including phenoxy) is 1. The van der Waals surface area contributed by atoms with E-state index in [4.69, 9.17) is 4.74 Å². The molecule has 0 saturated heterocycles. The molecule has 2 aromatic rings. The first-order chi connectivity index (χ1) is 12.5. The largest absolute Gasteiger partial charge is 0.446 e. The molecule has 0 aliphatic carbocycles. The Kier molecular flexibility index (Phi) is 7.23. The number of nitrogens with one attached hydrogen (secondary N) is 2. The number of carbonyl (C=O) groups excluding carboxylic acids is 3. The zero-order chi connectivity index (χ0) is 18.9. The molecule has 0 radical (unpaired) electrons. The van der Waals surface area contributed by atoms with Crippen molar-refractivity contribution in [3.63, 3.8) is 0 Å². The molecule has 26 heavy (non-hydrogen) atoms. The predicted octanol–water partition coefficient (Wildman–Crippen LogP) is 2.91. The summed E-state index contributed by atoms with van der Waals surface area (Å²) < 4.78 is 5.43. The summed E-state index contributed by atoms with van der Waals surface area (Å²) in [5, 5.41) is 3.93. The lowest BCUT2D eigenvalue weighted by atomic mass is 10.1. The normalized spacial score (nSPS) is 12.5. The summed E-state index contributed by atoms with van der Waals surface area (Å²) in [5.74, 6) is -1.25. The molecule has 0 unspecified atom stereocenters. The van der Waals surface area contributed by atoms with Gasteiger partial charge in [-0.25, -0.2) is 4.79 Å². The van der Waals surface area contributed by atoms with Crippen LogP contribution in [-0.2, 0) is 14.3 Å². The molecule has 0 aliphatic heterocycles. The van der Waals surface area contributed by atoms with E-state index in [9.17, 15) is 14.4 Å². The smallest absolute Gasteiger partial charge is 0.321 e. The Balaban J connectivity index is 2.11. The summed E-state index contributed by atoms with van der Waals surface area (Å²) in [5.41, 5.74) is 0.485. The number of benzene rings is 2. The van der Waals surface area contributed by atoms with Gasteiger partial charge in [-0.2, -0.15) is 0 Å². The van der Waals surface area contributed by atoms with E-state index in [0.29, 0.717) is 5.56 Å². The van der Waals surface area contributed by atoms with Crippen molar-refractivity contribution in [1.29, 1.82) is 0 Å². The van der Waals surface area contributed by atoms with E-state index in [1.165, 1.54) is 18.8 Å². The first-order valence-electron chi connectivity index (χ1n) is 8.01. The fraction of sp³-hybridized carbons (Fsp3) is 0.211. The minimum Gasteiger partial charge on any atom is -0.446 e. The van der Waals surface area contributed by atoms with Gasteiger partial charge < -0.3 is 10.1 Å². The van der Waals surface area contributed by atoms with Gasteiger partial charge in [-0.1, -0.05) is 48.5 Å². The monoisotopic (exact) mass is 372 g/mol. The van der Waals surface area contributed by atoms with Crippen LogP contribution in [0.3, 0.4) is 0 Å². The Morgan fingerprint density at radius 3 is 2.12 bits per heavy atom. The van der Waals surface area contributed by atoms with Gasteiger partial charge in [0, 0.05) is 17.5 Å². The van der Waals surface area contributed by atoms with Crippen molar-refractivity contribution in [1.82, 2.24) is 10.6 Å². The zero-order valence-electron chi connectivity index (χ0n) is 14.5. The second kappa shape index (κ2) is 9.62. The molecule has 0 fully saturated rings. The molecule has 2 rings (SSSR count). The standard InChI is InChI=1S/C19H20N2O4S/c1-13(26-15-11-7-4-8-12-15)18(23)25-16(14-9-5-3-6-10-14)17(22)21-19(24)20-2/h3-13,16H,1-2H3,(H2,20,21,22,24)/t13-,16-/m1/s1. The fourth-order valence-electron chi connectivity index (χ4n) is 2.10. The average Bonchev–Trinajstić information content (AvgIpc) is 2.67. The molecular formula is C19H20N2O4S. The molecule has 0 heterocycles. The zero-order valence-corrected chi connectivity index (χ0v) is 15.3. The maximum atomic E-state index is 12.5. The molecule has 0 bridgehead atoms. The molecule has 136 valence electrons. The van der Waals surface area contributed by atoms with Gasteiger partial charge in [-0.3, -0.25) is 14.9 Å². The highest BCUT2D eigenvalue weighted by molar-refractivity contribution is 8.00. The third-order valence-corrected chi connectivity index (χ3v) is 4.52. The number of imide groups is 1. The Labute approximate surface area is 156 Å². The number of hydrogen-bond donors (Lipinski definition) is 2. The van der Waals surface area contributed by atoms with Crippen LogP contribution in [0.2, 0.25) is 0 Å². The lowest BCUT2D eigenvalue weighted by Crippen LogP contribution is -2.41. The first-order valence-corrected chi connectivity index (χ1v) is 8.89. The number of rotatable bonds is 6. The van der Waals surface area contributed by atoms with Crippen LogP contribution in [-0.4, -0.2) is 30.2 Å². The van der Waals surface area contributed by atoms with Gasteiger partial charge in [0.15, 0.2) is 0 Å². The van der Waals surface area contributed by atoms with Crippen molar-refractivity contribution < 1.29 is 19.1 Å². The summed E-state index contributed by atoms with van der Waals surface area (Å²) >= 11 is 1.33. The molecule has 7 heteroatoms. The van der Waals surface area contributed by atoms with Gasteiger partial charge >= 0.3 is 12.0 Å². The molecule has 0 aliphatic rings. The molecular weight excluding hydrogens is 352 g/mol. The SMILES string of the molecule is CNC(=O)NC(=O)[C@H](OC(=O)[C@@H](C)Sc1ccccc1)c1ccccc1. The van der Waals surface area contributed by atoms with Crippen LogP contribution in [0, 0.1) is 0 Å². The van der Waals surface area contributed by atoms with Crippen molar-refractivity contribution in [2.45, 2.75) is 23.2 Å². The van der Waals surface area contributed by atoms with E-state index < -0.39 is 29.3 Å². The van der Waals surface area contributed by atoms with Gasteiger partial charge in [0.2, 0.25) is 6.10 Å². The molecule has 0 spiro atoms. The van der Waals surface area contributed by atoms with E-state index in [-0.39, 0.29) is 0 Å². The summed E-state index contributed by atoms with van der Waals surface area (Å²) in [6, 6.07) is 17.3. The van der Waals surface area contributed by atoms with Crippen molar-refractivity contribution in [3.8, 4) is 0 Å². The highest BCUT2D eigenvalue weighted by Crippen LogP contribution is 2.26. The van der Waals surface area contributed by atoms with Crippen molar-refractivity contribution in [3.05, 3.63) is 66.2 Å². The van der Waals surface area contributed by atoms with Gasteiger partial charge in [-0.15, -0.1) is 11.8 Å². The number of hydrogen-bond acceptors (Lipinski definition) is 5. The van der Waals surface area contributed by atoms with E-state index in [0.717, 1.165) is 4.90 Å². The second-order valence-electron chi connectivity index (χ2n) is 5.37. The van der Waals surface area contributed by atoms with Crippen LogP contribution in [0.4, 0.5) is 4.79 Å². The minimum atomic E-state index is -1.21.